The molecule has 0 bridgehead atoms. The van der Waals surface area contributed by atoms with E-state index in [1.54, 1.807) is 32.8 Å². The number of nitrogens with zero attached hydrogens (tertiary/aromatic N) is 3. The van der Waals surface area contributed by atoms with Crippen LogP contribution in [-0.4, -0.2) is 65.0 Å². The summed E-state index contributed by atoms with van der Waals surface area (Å²) >= 11 is 1.05. The molecule has 9 nitrogen and oxygen atoms in total. The summed E-state index contributed by atoms with van der Waals surface area (Å²) in [6, 6.07) is 5.49. The van der Waals surface area contributed by atoms with Crippen molar-refractivity contribution in [3.8, 4) is 16.6 Å². The number of carbonyl (C=O) groups excluding carboxylic acids is 1. The van der Waals surface area contributed by atoms with Crippen LogP contribution in [0.3, 0.4) is 0 Å². The van der Waals surface area contributed by atoms with Crippen molar-refractivity contribution in [1.29, 1.82) is 5.26 Å². The summed E-state index contributed by atoms with van der Waals surface area (Å²) in [6.45, 7) is 6.28. The molecule has 182 valence electrons. The lowest BCUT2D eigenvalue weighted by Gasteiger charge is -2.28. The number of methoxy groups -OCH3 is 1. The number of ether oxygens (including phenoxy) is 2. The third kappa shape index (κ3) is 6.08. The number of hydrogen-bond acceptors (Lipinski definition) is 8. The smallest absolute Gasteiger partial charge is 0.410 e. The first-order valence-electron chi connectivity index (χ1n) is 10.7. The maximum Gasteiger partial charge on any atom is 0.410 e. The zero-order chi connectivity index (χ0) is 25.0. The predicted octanol–water partition coefficient (Wildman–Crippen LogP) is 3.63. The largest absolute Gasteiger partial charge is 0.476 e. The fourth-order valence-corrected chi connectivity index (χ4v) is 4.73. The molecule has 1 aromatic carbocycles. The average Bonchev–Trinajstić information content (AvgIpc) is 3.36. The Morgan fingerprint density at radius 3 is 2.76 bits per heavy atom. The summed E-state index contributed by atoms with van der Waals surface area (Å²) in [7, 11) is 1.56. The number of hydrogen-bond donors (Lipinski definition) is 2. The Kier molecular flexibility index (Phi) is 7.86. The standard InChI is InChI=1S/C23H27FN4O5S/c1-23(2,3)33-22(31)28-11-14(8-15(28)12-32-4)26-10-18-19(21(29)30)27-20(34-18)16-7-13(9-25)5-6-17(16)24/h5-7,14-15,26H,8,10-12H2,1-4H3,(H,29,30)/t14-,15+/m1/s1. The second kappa shape index (κ2) is 10.5. The molecule has 1 amide bonds. The van der Waals surface area contributed by atoms with Crippen molar-refractivity contribution < 1.29 is 28.6 Å². The molecule has 1 aromatic heterocycles. The van der Waals surface area contributed by atoms with E-state index in [4.69, 9.17) is 14.7 Å². The summed E-state index contributed by atoms with van der Waals surface area (Å²) in [6.07, 6.45) is 0.165. The summed E-state index contributed by atoms with van der Waals surface area (Å²) in [5, 5.41) is 22.2. The number of aromatic nitrogens is 1. The zero-order valence-corrected chi connectivity index (χ0v) is 20.2. The number of nitriles is 1. The van der Waals surface area contributed by atoms with Gasteiger partial charge in [-0.2, -0.15) is 5.26 Å². The topological polar surface area (TPSA) is 125 Å². The van der Waals surface area contributed by atoms with E-state index < -0.39 is 23.5 Å². The van der Waals surface area contributed by atoms with Crippen molar-refractivity contribution in [3.63, 3.8) is 0 Å². The third-order valence-electron chi connectivity index (χ3n) is 5.18. The molecule has 1 fully saturated rings. The molecule has 0 saturated carbocycles. The van der Waals surface area contributed by atoms with E-state index in [9.17, 15) is 19.1 Å². The van der Waals surface area contributed by atoms with Gasteiger partial charge in [0.2, 0.25) is 0 Å². The van der Waals surface area contributed by atoms with Crippen LogP contribution in [0.1, 0.15) is 48.1 Å². The van der Waals surface area contributed by atoms with Crippen LogP contribution in [-0.2, 0) is 16.0 Å². The molecule has 2 N–H and O–H groups in total. The van der Waals surface area contributed by atoms with E-state index in [-0.39, 0.29) is 40.5 Å². The minimum Gasteiger partial charge on any atom is -0.476 e. The number of carboxylic acid groups (broad SMARTS) is 1. The highest BCUT2D eigenvalue weighted by Crippen LogP contribution is 2.31. The summed E-state index contributed by atoms with van der Waals surface area (Å²) in [5.74, 6) is -1.81. The van der Waals surface area contributed by atoms with E-state index in [1.807, 2.05) is 6.07 Å². The Hall–Kier alpha value is -3.07. The molecule has 0 radical (unpaired) electrons. The van der Waals surface area contributed by atoms with Crippen LogP contribution in [0.25, 0.3) is 10.6 Å². The Bertz CT molecular complexity index is 1110. The molecule has 1 aliphatic rings. The van der Waals surface area contributed by atoms with Crippen LogP contribution in [0, 0.1) is 17.1 Å². The minimum atomic E-state index is -1.23. The second-order valence-electron chi connectivity index (χ2n) is 8.96. The van der Waals surface area contributed by atoms with Crippen LogP contribution < -0.4 is 5.32 Å². The van der Waals surface area contributed by atoms with Crippen molar-refractivity contribution in [2.24, 2.45) is 0 Å². The Labute approximate surface area is 201 Å². The molecule has 1 aliphatic heterocycles. The molecule has 2 aromatic rings. The van der Waals surface area contributed by atoms with Crippen LogP contribution >= 0.6 is 11.3 Å². The van der Waals surface area contributed by atoms with Gasteiger partial charge in [-0.25, -0.2) is 19.0 Å². The molecule has 0 aliphatic carbocycles. The number of amides is 1. The maximum absolute atomic E-state index is 14.4. The average molecular weight is 491 g/mol. The molecular formula is C23H27FN4O5S. The van der Waals surface area contributed by atoms with Gasteiger partial charge in [0.05, 0.1) is 29.2 Å². The summed E-state index contributed by atoms with van der Waals surface area (Å²) in [4.78, 5) is 30.5. The maximum atomic E-state index is 14.4. The van der Waals surface area contributed by atoms with Crippen LogP contribution in [0.15, 0.2) is 18.2 Å². The molecule has 2 heterocycles. The number of benzene rings is 1. The fraction of sp³-hybridized carbons (Fsp3) is 0.478. The van der Waals surface area contributed by atoms with Crippen molar-refractivity contribution >= 4 is 23.4 Å². The predicted molar refractivity (Wildman–Crippen MR) is 123 cm³/mol. The van der Waals surface area contributed by atoms with Crippen molar-refractivity contribution in [1.82, 2.24) is 15.2 Å². The summed E-state index contributed by atoms with van der Waals surface area (Å²) < 4.78 is 25.1. The van der Waals surface area contributed by atoms with Gasteiger partial charge in [-0.15, -0.1) is 11.3 Å². The highest BCUT2D eigenvalue weighted by molar-refractivity contribution is 7.15. The van der Waals surface area contributed by atoms with Crippen molar-refractivity contribution in [3.05, 3.63) is 40.2 Å². The van der Waals surface area contributed by atoms with E-state index in [0.717, 1.165) is 17.4 Å². The quantitative estimate of drug-likeness (QED) is 0.603. The minimum absolute atomic E-state index is 0.0786. The van der Waals surface area contributed by atoms with Gasteiger partial charge in [-0.05, 0) is 45.4 Å². The van der Waals surface area contributed by atoms with E-state index in [0.29, 0.717) is 24.4 Å². The Morgan fingerprint density at radius 2 is 2.15 bits per heavy atom. The Morgan fingerprint density at radius 1 is 1.41 bits per heavy atom. The van der Waals surface area contributed by atoms with Crippen molar-refractivity contribution in [2.75, 3.05) is 20.3 Å². The number of aromatic carboxylic acids is 1. The lowest BCUT2D eigenvalue weighted by Crippen LogP contribution is -2.42. The number of carbonyl (C=O) groups is 2. The number of rotatable bonds is 7. The monoisotopic (exact) mass is 490 g/mol. The van der Waals surface area contributed by atoms with Gasteiger partial charge in [0.15, 0.2) is 5.69 Å². The normalized spacial score (nSPS) is 18.1. The number of carboxylic acids is 1. The van der Waals surface area contributed by atoms with Crippen molar-refractivity contribution in [2.45, 2.75) is 51.4 Å². The number of thiazole rings is 1. The first-order chi connectivity index (χ1) is 16.0. The molecular weight excluding hydrogens is 463 g/mol. The van der Waals surface area contributed by atoms with Crippen LogP contribution in [0.4, 0.5) is 9.18 Å². The first kappa shape index (κ1) is 25.6. The van der Waals surface area contributed by atoms with Gasteiger partial charge in [0.1, 0.15) is 16.4 Å². The molecule has 3 rings (SSSR count). The first-order valence-corrected chi connectivity index (χ1v) is 11.5. The second-order valence-corrected chi connectivity index (χ2v) is 10.0. The highest BCUT2D eigenvalue weighted by Gasteiger charge is 2.37. The van der Waals surface area contributed by atoms with Crippen LogP contribution in [0.5, 0.6) is 0 Å². The molecule has 0 unspecified atom stereocenters. The van der Waals surface area contributed by atoms with Gasteiger partial charge in [-0.1, -0.05) is 0 Å². The molecule has 0 spiro atoms. The SMILES string of the molecule is COC[C@@H]1C[C@@H](NCc2sc(-c3cc(C#N)ccc3F)nc2C(=O)O)CN1C(=O)OC(C)(C)C. The molecule has 1 saturated heterocycles. The molecule has 2 atom stereocenters. The third-order valence-corrected chi connectivity index (χ3v) is 6.27. The van der Waals surface area contributed by atoms with Gasteiger partial charge in [-0.3, -0.25) is 0 Å². The fourth-order valence-electron chi connectivity index (χ4n) is 3.71. The number of halogens is 1. The molecule has 34 heavy (non-hydrogen) atoms. The summed E-state index contributed by atoms with van der Waals surface area (Å²) in [5.41, 5.74) is -0.478. The number of likely N-dealkylation sites (tertiary alicyclic amines) is 1. The number of nitrogens with one attached hydrogen (secondary N) is 1. The van der Waals surface area contributed by atoms with Gasteiger partial charge >= 0.3 is 12.1 Å². The van der Waals surface area contributed by atoms with Crippen LogP contribution in [0.2, 0.25) is 0 Å². The molecule has 11 heteroatoms. The van der Waals surface area contributed by atoms with Gasteiger partial charge in [0.25, 0.3) is 0 Å². The Balaban J connectivity index is 1.77. The van der Waals surface area contributed by atoms with E-state index >= 15 is 0 Å². The van der Waals surface area contributed by atoms with E-state index in [1.165, 1.54) is 12.1 Å². The zero-order valence-electron chi connectivity index (χ0n) is 19.4. The van der Waals surface area contributed by atoms with E-state index in [2.05, 4.69) is 10.3 Å². The lowest BCUT2D eigenvalue weighted by molar-refractivity contribution is 0.0146. The lowest BCUT2D eigenvalue weighted by atomic mass is 10.1. The highest BCUT2D eigenvalue weighted by atomic mass is 32.1. The van der Waals surface area contributed by atoms with Gasteiger partial charge in [0, 0.05) is 31.8 Å². The van der Waals surface area contributed by atoms with Gasteiger partial charge < -0.3 is 24.8 Å².